The highest BCUT2D eigenvalue weighted by Crippen LogP contribution is 2.41. The molecule has 0 saturated heterocycles. The van der Waals surface area contributed by atoms with Crippen molar-refractivity contribution in [3.8, 4) is 5.75 Å². The fourth-order valence-corrected chi connectivity index (χ4v) is 1.52. The van der Waals surface area contributed by atoms with Crippen molar-refractivity contribution in [1.82, 2.24) is 0 Å². The first-order valence-corrected chi connectivity index (χ1v) is 7.39. The molecule has 0 aliphatic carbocycles. The average molecular weight is 323 g/mol. The molecule has 0 aliphatic rings. The fourth-order valence-electron chi connectivity index (χ4n) is 1.11. The summed E-state index contributed by atoms with van der Waals surface area (Å²) in [5.41, 5.74) is -0.490. The zero-order valence-electron chi connectivity index (χ0n) is 12.0. The summed E-state index contributed by atoms with van der Waals surface area (Å²) in [5.74, 6) is -0.453. The molecule has 1 aromatic rings. The number of benzene rings is 1. The number of phosphoric ester groups is 1. The minimum Gasteiger partial charge on any atom is -0.397 e. The van der Waals surface area contributed by atoms with Gasteiger partial charge in [-0.1, -0.05) is 12.1 Å². The number of aliphatic hydroxyl groups is 1. The molecule has 0 aliphatic heterocycles. The highest BCUT2D eigenvalue weighted by molar-refractivity contribution is 7.46. The smallest absolute Gasteiger partial charge is 0.397 e. The third-order valence-electron chi connectivity index (χ3n) is 2.05. The van der Waals surface area contributed by atoms with E-state index < -0.39 is 24.2 Å². The van der Waals surface area contributed by atoms with E-state index in [1.165, 1.54) is 12.1 Å². The number of nitro benzene ring substituents is 1. The number of rotatable bonds is 5. The normalized spacial score (nSPS) is 11.3. The molecule has 0 atom stereocenters. The van der Waals surface area contributed by atoms with E-state index in [1.54, 1.807) is 0 Å². The Hall–Kier alpha value is -1.51. The maximum atomic E-state index is 10.4. The van der Waals surface area contributed by atoms with Crippen LogP contribution in [0, 0.1) is 10.1 Å². The maximum Gasteiger partial charge on any atom is 0.525 e. The second-order valence-corrected chi connectivity index (χ2v) is 6.21. The van der Waals surface area contributed by atoms with Crippen molar-refractivity contribution >= 4 is 13.5 Å². The molecule has 0 amide bonds. The van der Waals surface area contributed by atoms with E-state index >= 15 is 0 Å². The van der Waals surface area contributed by atoms with Crippen LogP contribution in [0.1, 0.15) is 0 Å². The van der Waals surface area contributed by atoms with Gasteiger partial charge in [0.05, 0.1) is 32.7 Å². The van der Waals surface area contributed by atoms with Crippen molar-refractivity contribution in [3.63, 3.8) is 0 Å². The first kappa shape index (κ1) is 19.5. The fraction of sp³-hybridized carbons (Fsp3) is 0.455. The van der Waals surface area contributed by atoms with Gasteiger partial charge in [0.15, 0.2) is 0 Å². The first-order valence-electron chi connectivity index (χ1n) is 5.86. The molecule has 0 spiro atoms. The molecule has 0 fully saturated rings. The number of nitrogens with zero attached hydrogens (tertiary/aromatic N) is 2. The summed E-state index contributed by atoms with van der Waals surface area (Å²) in [6.07, 6.45) is 0. The summed E-state index contributed by atoms with van der Waals surface area (Å²) in [6.45, 7) is 1.11. The van der Waals surface area contributed by atoms with Crippen LogP contribution in [0.25, 0.3) is 0 Å². The van der Waals surface area contributed by atoms with Gasteiger partial charge in [-0.05, 0) is 6.07 Å². The zero-order valence-corrected chi connectivity index (χ0v) is 12.9. The Morgan fingerprint density at radius 2 is 1.81 bits per heavy atom. The number of phosphoric acid groups is 1. The Morgan fingerprint density at radius 3 is 2.14 bits per heavy atom. The van der Waals surface area contributed by atoms with Gasteiger partial charge in [0.2, 0.25) is 5.75 Å². The van der Waals surface area contributed by atoms with E-state index in [4.69, 9.17) is 14.9 Å². The number of hydrogen-bond donors (Lipinski definition) is 3. The van der Waals surface area contributed by atoms with Gasteiger partial charge >= 0.3 is 13.5 Å². The molecule has 120 valence electrons. The zero-order chi connectivity index (χ0) is 16.7. The third-order valence-corrected chi connectivity index (χ3v) is 2.48. The van der Waals surface area contributed by atoms with Crippen LogP contribution in [0.15, 0.2) is 24.3 Å². The molecule has 0 radical (unpaired) electrons. The van der Waals surface area contributed by atoms with Crippen LogP contribution in [-0.2, 0) is 4.57 Å². The lowest BCUT2D eigenvalue weighted by Crippen LogP contribution is -2.36. The van der Waals surface area contributed by atoms with Gasteiger partial charge in [0.1, 0.15) is 6.54 Å². The second-order valence-electron chi connectivity index (χ2n) is 5.04. The Labute approximate surface area is 122 Å². The molecular weight excluding hydrogens is 303 g/mol. The van der Waals surface area contributed by atoms with Crippen LogP contribution in [0.2, 0.25) is 0 Å². The van der Waals surface area contributed by atoms with Gasteiger partial charge in [-0.2, -0.15) is 0 Å². The third kappa shape index (κ3) is 9.94. The van der Waals surface area contributed by atoms with Gasteiger partial charge in [0.25, 0.3) is 0 Å². The lowest BCUT2D eigenvalue weighted by Gasteiger charge is -2.21. The number of hydrogen-bond acceptors (Lipinski definition) is 5. The minimum atomic E-state index is -4.76. The maximum absolute atomic E-state index is 10.4. The molecule has 3 N–H and O–H groups in total. The molecule has 1 rings (SSSR count). The van der Waals surface area contributed by atoms with Crippen LogP contribution in [-0.4, -0.2) is 58.6 Å². The van der Waals surface area contributed by atoms with Gasteiger partial charge < -0.3 is 14.1 Å². The standard InChI is InChI=1S/C6H6NO6P.C5H14NO/c8-7(9)5-3-1-2-4-6(5)13-14(10,11)12;1-6(2,3)4-5-7/h1-4H,(H2,10,11,12);7H,4-5H2,1-3H3/q;+1. The largest absolute Gasteiger partial charge is 0.525 e. The van der Waals surface area contributed by atoms with E-state index in [0.717, 1.165) is 23.2 Å². The Bertz CT molecular complexity index is 510. The van der Waals surface area contributed by atoms with Gasteiger partial charge in [0, 0.05) is 6.07 Å². The van der Waals surface area contributed by atoms with Gasteiger partial charge in [-0.15, -0.1) is 0 Å². The number of nitro groups is 1. The Morgan fingerprint density at radius 1 is 1.29 bits per heavy atom. The highest BCUT2D eigenvalue weighted by atomic mass is 31.2. The van der Waals surface area contributed by atoms with Crippen molar-refractivity contribution in [1.29, 1.82) is 0 Å². The summed E-state index contributed by atoms with van der Waals surface area (Å²) in [6, 6.07) is 4.94. The van der Waals surface area contributed by atoms with Crippen LogP contribution in [0.3, 0.4) is 0 Å². The van der Waals surface area contributed by atoms with Crippen molar-refractivity contribution < 1.29 is 33.4 Å². The predicted octanol–water partition coefficient (Wildman–Crippen LogP) is 0.751. The van der Waals surface area contributed by atoms with E-state index in [9.17, 15) is 14.7 Å². The molecule has 21 heavy (non-hydrogen) atoms. The number of quaternary nitrogens is 1. The van der Waals surface area contributed by atoms with Crippen LogP contribution in [0.4, 0.5) is 5.69 Å². The Balaban J connectivity index is 0.000000486. The molecule has 0 unspecified atom stereocenters. The number of likely N-dealkylation sites (N-methyl/N-ethyl adjacent to an activating group) is 1. The van der Waals surface area contributed by atoms with Crippen molar-refractivity contribution in [3.05, 3.63) is 34.4 Å². The lowest BCUT2D eigenvalue weighted by atomic mass is 10.3. The van der Waals surface area contributed by atoms with Crippen molar-refractivity contribution in [2.45, 2.75) is 0 Å². The highest BCUT2D eigenvalue weighted by Gasteiger charge is 2.22. The molecule has 0 saturated carbocycles. The van der Waals surface area contributed by atoms with Crippen LogP contribution in [0.5, 0.6) is 5.75 Å². The summed E-state index contributed by atoms with van der Waals surface area (Å²) in [5, 5.41) is 18.8. The molecule has 10 heteroatoms. The Kier molecular flexibility index (Phi) is 7.48. The van der Waals surface area contributed by atoms with Crippen molar-refractivity contribution in [2.75, 3.05) is 34.3 Å². The number of aliphatic hydroxyl groups excluding tert-OH is 1. The lowest BCUT2D eigenvalue weighted by molar-refractivity contribution is -0.870. The van der Waals surface area contributed by atoms with E-state index in [-0.39, 0.29) is 6.61 Å². The molecule has 0 bridgehead atoms. The summed E-state index contributed by atoms with van der Waals surface area (Å²) in [7, 11) is 1.40. The van der Waals surface area contributed by atoms with Crippen LogP contribution < -0.4 is 4.52 Å². The number of para-hydroxylation sites is 2. The topological polar surface area (TPSA) is 130 Å². The minimum absolute atomic E-state index is 0.281. The first-order chi connectivity index (χ1) is 9.46. The van der Waals surface area contributed by atoms with E-state index in [1.807, 2.05) is 0 Å². The van der Waals surface area contributed by atoms with Gasteiger partial charge in [-0.3, -0.25) is 19.9 Å². The molecular formula is C11H20N2O7P+. The second kappa shape index (κ2) is 8.06. The van der Waals surface area contributed by atoms with Gasteiger partial charge in [-0.25, -0.2) is 4.57 Å². The average Bonchev–Trinajstić information content (AvgIpc) is 2.26. The predicted molar refractivity (Wildman–Crippen MR) is 75.8 cm³/mol. The monoisotopic (exact) mass is 323 g/mol. The molecule has 0 aromatic heterocycles. The quantitative estimate of drug-likeness (QED) is 0.315. The summed E-state index contributed by atoms with van der Waals surface area (Å²) < 4.78 is 15.4. The summed E-state index contributed by atoms with van der Waals surface area (Å²) >= 11 is 0. The van der Waals surface area contributed by atoms with Crippen LogP contribution >= 0.6 is 7.82 Å². The summed E-state index contributed by atoms with van der Waals surface area (Å²) in [4.78, 5) is 26.5. The van der Waals surface area contributed by atoms with Crippen molar-refractivity contribution in [2.24, 2.45) is 0 Å². The SMILES string of the molecule is C[N+](C)(C)CCO.O=[N+]([O-])c1ccccc1OP(=O)(O)O. The molecule has 0 heterocycles. The van der Waals surface area contributed by atoms with E-state index in [2.05, 4.69) is 25.7 Å². The molecule has 9 nitrogen and oxygen atoms in total. The molecule has 1 aromatic carbocycles. The van der Waals surface area contributed by atoms with E-state index in [0.29, 0.717) is 0 Å².